The molecular weight excluding hydrogens is 272 g/mol. The van der Waals surface area contributed by atoms with E-state index in [-0.39, 0.29) is 0 Å². The van der Waals surface area contributed by atoms with Crippen molar-refractivity contribution in [3.63, 3.8) is 0 Å². The lowest BCUT2D eigenvalue weighted by Crippen LogP contribution is -2.33. The van der Waals surface area contributed by atoms with Gasteiger partial charge in [0.15, 0.2) is 0 Å². The third-order valence-electron chi connectivity index (χ3n) is 3.50. The van der Waals surface area contributed by atoms with Crippen molar-refractivity contribution in [2.45, 2.75) is 38.0 Å². The second-order valence-electron chi connectivity index (χ2n) is 5.36. The van der Waals surface area contributed by atoms with Crippen molar-refractivity contribution < 1.29 is 8.42 Å². The van der Waals surface area contributed by atoms with Gasteiger partial charge in [0.25, 0.3) is 0 Å². The highest BCUT2D eigenvalue weighted by Gasteiger charge is 2.31. The van der Waals surface area contributed by atoms with Gasteiger partial charge < -0.3 is 5.32 Å². The largest absolute Gasteiger partial charge is 0.385 e. The zero-order chi connectivity index (χ0) is 14.6. The van der Waals surface area contributed by atoms with E-state index >= 15 is 0 Å². The van der Waals surface area contributed by atoms with Crippen LogP contribution in [0.15, 0.2) is 29.2 Å². The number of nitrogens with zero attached hydrogens (tertiary/aromatic N) is 1. The van der Waals surface area contributed by atoms with Gasteiger partial charge in [-0.1, -0.05) is 6.92 Å². The van der Waals surface area contributed by atoms with E-state index in [1.54, 1.807) is 16.4 Å². The van der Waals surface area contributed by atoms with Gasteiger partial charge in [-0.25, -0.2) is 8.42 Å². The molecule has 0 aromatic heterocycles. The first kappa shape index (κ1) is 15.3. The fourth-order valence-corrected chi connectivity index (χ4v) is 3.85. The molecule has 1 aliphatic carbocycles. The maximum Gasteiger partial charge on any atom is 0.243 e. The third kappa shape index (κ3) is 3.73. The van der Waals surface area contributed by atoms with Crippen molar-refractivity contribution in [2.24, 2.45) is 5.92 Å². The van der Waals surface area contributed by atoms with Gasteiger partial charge in [0, 0.05) is 25.3 Å². The molecule has 1 aromatic carbocycles. The van der Waals surface area contributed by atoms with Crippen molar-refractivity contribution in [3.05, 3.63) is 24.3 Å². The highest BCUT2D eigenvalue weighted by atomic mass is 32.2. The molecule has 0 heterocycles. The zero-order valence-corrected chi connectivity index (χ0v) is 13.1. The molecule has 0 bridgehead atoms. The van der Waals surface area contributed by atoms with Crippen LogP contribution in [-0.4, -0.2) is 32.4 Å². The highest BCUT2D eigenvalue weighted by Crippen LogP contribution is 2.31. The van der Waals surface area contributed by atoms with Gasteiger partial charge in [0.1, 0.15) is 0 Å². The Labute approximate surface area is 122 Å². The van der Waals surface area contributed by atoms with E-state index in [0.717, 1.165) is 31.5 Å². The minimum absolute atomic E-state index is 0.397. The van der Waals surface area contributed by atoms with E-state index in [4.69, 9.17) is 0 Å². The first-order valence-corrected chi connectivity index (χ1v) is 8.86. The molecule has 1 aromatic rings. The van der Waals surface area contributed by atoms with Crippen LogP contribution >= 0.6 is 0 Å². The normalized spacial score (nSPS) is 15.6. The maximum atomic E-state index is 12.7. The number of rotatable bonds is 8. The number of anilines is 1. The van der Waals surface area contributed by atoms with Gasteiger partial charge >= 0.3 is 0 Å². The van der Waals surface area contributed by atoms with Crippen LogP contribution in [0.2, 0.25) is 0 Å². The molecule has 112 valence electrons. The monoisotopic (exact) mass is 296 g/mol. The van der Waals surface area contributed by atoms with Gasteiger partial charge in [-0.2, -0.15) is 4.31 Å². The lowest BCUT2D eigenvalue weighted by Gasteiger charge is -2.21. The van der Waals surface area contributed by atoms with Gasteiger partial charge in [0.2, 0.25) is 10.0 Å². The molecule has 20 heavy (non-hydrogen) atoms. The van der Waals surface area contributed by atoms with Crippen LogP contribution < -0.4 is 5.32 Å². The third-order valence-corrected chi connectivity index (χ3v) is 5.38. The highest BCUT2D eigenvalue weighted by molar-refractivity contribution is 7.89. The summed E-state index contributed by atoms with van der Waals surface area (Å²) in [7, 11) is -3.34. The molecule has 0 atom stereocenters. The smallest absolute Gasteiger partial charge is 0.243 e. The molecule has 0 aliphatic heterocycles. The van der Waals surface area contributed by atoms with E-state index in [1.807, 2.05) is 26.0 Å². The molecule has 0 unspecified atom stereocenters. The van der Waals surface area contributed by atoms with Gasteiger partial charge in [0.05, 0.1) is 4.90 Å². The van der Waals surface area contributed by atoms with Crippen LogP contribution in [0.3, 0.4) is 0 Å². The molecule has 5 heteroatoms. The van der Waals surface area contributed by atoms with Gasteiger partial charge in [-0.3, -0.25) is 0 Å². The molecule has 2 rings (SSSR count). The Hall–Kier alpha value is -1.07. The molecule has 0 amide bonds. The molecule has 0 spiro atoms. The predicted molar refractivity (Wildman–Crippen MR) is 82.4 cm³/mol. The minimum Gasteiger partial charge on any atom is -0.385 e. The molecule has 4 nitrogen and oxygen atoms in total. The van der Waals surface area contributed by atoms with Crippen LogP contribution in [-0.2, 0) is 10.0 Å². The van der Waals surface area contributed by atoms with Crippen molar-refractivity contribution >= 4 is 15.7 Å². The molecule has 1 fully saturated rings. The number of hydrogen-bond donors (Lipinski definition) is 1. The summed E-state index contributed by atoms with van der Waals surface area (Å²) in [6.07, 6.45) is 3.17. The molecular formula is C15H24N2O2S. The molecule has 0 radical (unpaired) electrons. The first-order valence-electron chi connectivity index (χ1n) is 7.42. The van der Waals surface area contributed by atoms with Gasteiger partial charge in [-0.15, -0.1) is 0 Å². The second kappa shape index (κ2) is 6.59. The van der Waals surface area contributed by atoms with Crippen LogP contribution in [0.5, 0.6) is 0 Å². The average Bonchev–Trinajstić information content (AvgIpc) is 3.23. The van der Waals surface area contributed by atoms with Crippen molar-refractivity contribution in [1.82, 2.24) is 4.31 Å². The standard InChI is InChI=1S/C15H24N2O2S/c1-3-11-17(12-13-5-6-13)20(18,19)15-9-7-14(8-10-15)16-4-2/h7-10,13,16H,3-6,11-12H2,1-2H3. The van der Waals surface area contributed by atoms with Crippen LogP contribution in [0.1, 0.15) is 33.1 Å². The summed E-state index contributed by atoms with van der Waals surface area (Å²) >= 11 is 0. The molecule has 1 saturated carbocycles. The Kier molecular flexibility index (Phi) is 5.05. The second-order valence-corrected chi connectivity index (χ2v) is 7.30. The summed E-state index contributed by atoms with van der Waals surface area (Å²) in [6, 6.07) is 7.06. The summed E-state index contributed by atoms with van der Waals surface area (Å²) in [6.45, 7) is 6.14. The SMILES string of the molecule is CCCN(CC1CC1)S(=O)(=O)c1ccc(NCC)cc1. The van der Waals surface area contributed by atoms with E-state index < -0.39 is 10.0 Å². The summed E-state index contributed by atoms with van der Waals surface area (Å²) in [4.78, 5) is 0.397. The van der Waals surface area contributed by atoms with Crippen LogP contribution in [0.25, 0.3) is 0 Å². The maximum absolute atomic E-state index is 12.7. The lowest BCUT2D eigenvalue weighted by atomic mass is 10.3. The minimum atomic E-state index is -3.34. The number of nitrogens with one attached hydrogen (secondary N) is 1. The van der Waals surface area contributed by atoms with Gasteiger partial charge in [-0.05, 0) is 56.4 Å². The molecule has 1 N–H and O–H groups in total. The molecule has 1 aliphatic rings. The average molecular weight is 296 g/mol. The van der Waals surface area contributed by atoms with E-state index in [0.29, 0.717) is 23.9 Å². The van der Waals surface area contributed by atoms with Crippen molar-refractivity contribution in [2.75, 3.05) is 25.0 Å². The van der Waals surface area contributed by atoms with E-state index in [9.17, 15) is 8.42 Å². The summed E-state index contributed by atoms with van der Waals surface area (Å²) in [5.41, 5.74) is 0.954. The lowest BCUT2D eigenvalue weighted by molar-refractivity contribution is 0.395. The Morgan fingerprint density at radius 1 is 1.20 bits per heavy atom. The Morgan fingerprint density at radius 2 is 1.85 bits per heavy atom. The summed E-state index contributed by atoms with van der Waals surface area (Å²) in [5, 5.41) is 3.17. The Balaban J connectivity index is 2.17. The number of hydrogen-bond acceptors (Lipinski definition) is 3. The van der Waals surface area contributed by atoms with Crippen LogP contribution in [0.4, 0.5) is 5.69 Å². The number of sulfonamides is 1. The topological polar surface area (TPSA) is 49.4 Å². The zero-order valence-electron chi connectivity index (χ0n) is 12.3. The van der Waals surface area contributed by atoms with Crippen LogP contribution in [0, 0.1) is 5.92 Å². The number of benzene rings is 1. The van der Waals surface area contributed by atoms with E-state index in [2.05, 4.69) is 5.32 Å². The Morgan fingerprint density at radius 3 is 2.35 bits per heavy atom. The Bertz CT molecular complexity index is 521. The first-order chi connectivity index (χ1) is 9.57. The summed E-state index contributed by atoms with van der Waals surface area (Å²) in [5.74, 6) is 0.567. The van der Waals surface area contributed by atoms with E-state index in [1.165, 1.54) is 0 Å². The fraction of sp³-hybridized carbons (Fsp3) is 0.600. The molecule has 0 saturated heterocycles. The predicted octanol–water partition coefficient (Wildman–Crippen LogP) is 2.93. The summed E-state index contributed by atoms with van der Waals surface area (Å²) < 4.78 is 27.0. The van der Waals surface area contributed by atoms with Crippen molar-refractivity contribution in [1.29, 1.82) is 0 Å². The fourth-order valence-electron chi connectivity index (χ4n) is 2.25. The van der Waals surface area contributed by atoms with Crippen molar-refractivity contribution in [3.8, 4) is 0 Å². The quantitative estimate of drug-likeness (QED) is 0.802.